The summed E-state index contributed by atoms with van der Waals surface area (Å²) in [6, 6.07) is 17.1. The molecule has 3 atom stereocenters. The van der Waals surface area contributed by atoms with Crippen LogP contribution in [0.3, 0.4) is 0 Å². The molecule has 2 aromatic carbocycles. The third-order valence-electron chi connectivity index (χ3n) is 7.81. The van der Waals surface area contributed by atoms with E-state index in [2.05, 4.69) is 34.0 Å². The average Bonchev–Trinajstić information content (AvgIpc) is 3.30. The van der Waals surface area contributed by atoms with Gasteiger partial charge in [-0.1, -0.05) is 48.9 Å². The second kappa shape index (κ2) is 10.5. The van der Waals surface area contributed by atoms with Crippen LogP contribution in [0.25, 0.3) is 4.85 Å². The Bertz CT molecular complexity index is 981. The number of esters is 1. The van der Waals surface area contributed by atoms with Crippen molar-refractivity contribution in [2.45, 2.75) is 50.6 Å². The Labute approximate surface area is 196 Å². The van der Waals surface area contributed by atoms with E-state index in [4.69, 9.17) is 11.3 Å². The van der Waals surface area contributed by atoms with Gasteiger partial charge < -0.3 is 9.58 Å². The quantitative estimate of drug-likeness (QED) is 0.395. The Balaban J connectivity index is 1.61. The Kier molecular flexibility index (Phi) is 7.45. The minimum Gasteiger partial charge on any atom is -0.469 e. The third kappa shape index (κ3) is 4.96. The van der Waals surface area contributed by atoms with Crippen molar-refractivity contribution in [3.8, 4) is 0 Å². The van der Waals surface area contributed by atoms with E-state index >= 15 is 0 Å². The number of rotatable bonds is 7. The van der Waals surface area contributed by atoms with Gasteiger partial charge in [0.2, 0.25) is 0 Å². The number of hydrogen-bond acceptors (Lipinski definition) is 3. The molecule has 4 rings (SSSR count). The summed E-state index contributed by atoms with van der Waals surface area (Å²) in [5, 5.41) is 0. The first-order valence-corrected chi connectivity index (χ1v) is 12.0. The maximum Gasteiger partial charge on any atom is 0.305 e. The summed E-state index contributed by atoms with van der Waals surface area (Å²) in [6.07, 6.45) is 4.93. The number of carbonyl (C=O) groups excluding carboxylic acids is 1. The lowest BCUT2D eigenvalue weighted by atomic mass is 9.63. The highest BCUT2D eigenvalue weighted by Gasteiger charge is 2.57. The zero-order chi connectivity index (χ0) is 23.3. The van der Waals surface area contributed by atoms with Crippen molar-refractivity contribution >= 4 is 5.97 Å². The van der Waals surface area contributed by atoms with E-state index in [-0.39, 0.29) is 29.5 Å². The monoisotopic (exact) mass is 448 g/mol. The van der Waals surface area contributed by atoms with Crippen LogP contribution in [0.15, 0.2) is 54.6 Å². The number of methoxy groups -OCH3 is 1. The zero-order valence-electron chi connectivity index (χ0n) is 19.4. The Morgan fingerprint density at radius 3 is 2.55 bits per heavy atom. The highest BCUT2D eigenvalue weighted by molar-refractivity contribution is 5.69. The van der Waals surface area contributed by atoms with Crippen molar-refractivity contribution in [1.82, 2.24) is 4.90 Å². The maximum atomic E-state index is 14.4. The van der Waals surface area contributed by atoms with E-state index in [0.717, 1.165) is 57.3 Å². The second-order valence-electron chi connectivity index (χ2n) is 9.56. The first kappa shape index (κ1) is 23.4. The Hall–Kier alpha value is -2.71. The first-order valence-electron chi connectivity index (χ1n) is 12.0. The van der Waals surface area contributed by atoms with E-state index in [1.54, 1.807) is 12.1 Å². The van der Waals surface area contributed by atoms with Crippen LogP contribution >= 0.6 is 0 Å². The van der Waals surface area contributed by atoms with Crippen molar-refractivity contribution in [2.75, 3.05) is 20.2 Å². The number of benzene rings is 2. The van der Waals surface area contributed by atoms with Gasteiger partial charge in [-0.25, -0.2) is 11.0 Å². The minimum absolute atomic E-state index is 0.0292. The van der Waals surface area contributed by atoms with Crippen molar-refractivity contribution in [2.24, 2.45) is 17.8 Å². The van der Waals surface area contributed by atoms with Crippen LogP contribution in [0, 0.1) is 30.1 Å². The molecule has 1 heterocycles. The number of nitrogens with zero attached hydrogens (tertiary/aromatic N) is 2. The molecular weight excluding hydrogens is 415 g/mol. The van der Waals surface area contributed by atoms with E-state index in [0.29, 0.717) is 6.42 Å². The number of carbonyl (C=O) groups is 1. The average molecular weight is 449 g/mol. The van der Waals surface area contributed by atoms with Crippen LogP contribution in [0.2, 0.25) is 0 Å². The third-order valence-corrected chi connectivity index (χ3v) is 7.81. The SMILES string of the molecule is [C-]#[N+][C@@](c1cccc(F)c1)(C1CCN(Cc2ccccc2)CC1)[C@H]1CCC[C@@H]1CC(=O)OC. The number of ether oxygens (including phenoxy) is 1. The summed E-state index contributed by atoms with van der Waals surface area (Å²) in [6.45, 7) is 11.2. The van der Waals surface area contributed by atoms with Gasteiger partial charge in [-0.15, -0.1) is 0 Å². The molecule has 0 N–H and O–H groups in total. The standard InChI is InChI=1S/C28H33FN2O2/c1-30-28(24-11-7-12-25(29)19-24,26-13-6-10-22(26)18-27(32)33-2)23-14-16-31(17-15-23)20-21-8-4-3-5-9-21/h3-5,7-9,11-12,19,22-23,26H,6,10,13-18,20H2,2H3/t22-,26+,28-/m1/s1. The van der Waals surface area contributed by atoms with Gasteiger partial charge in [0.15, 0.2) is 0 Å². The molecule has 0 radical (unpaired) electrons. The molecular formula is C28H33FN2O2. The fourth-order valence-corrected chi connectivity index (χ4v) is 6.26. The molecule has 1 aliphatic heterocycles. The van der Waals surface area contributed by atoms with Gasteiger partial charge in [0.25, 0.3) is 5.54 Å². The Morgan fingerprint density at radius 1 is 1.12 bits per heavy atom. The molecule has 1 saturated carbocycles. The van der Waals surface area contributed by atoms with E-state index < -0.39 is 5.54 Å². The summed E-state index contributed by atoms with van der Waals surface area (Å²) >= 11 is 0. The number of likely N-dealkylation sites (tertiary alicyclic amines) is 1. The minimum atomic E-state index is -0.809. The molecule has 0 unspecified atom stereocenters. The molecule has 4 nitrogen and oxygen atoms in total. The molecule has 1 saturated heterocycles. The normalized spacial score (nSPS) is 23.5. The highest BCUT2D eigenvalue weighted by Crippen LogP contribution is 2.54. The number of halogens is 1. The summed E-state index contributed by atoms with van der Waals surface area (Å²) in [5.41, 5.74) is 1.27. The van der Waals surface area contributed by atoms with Crippen molar-refractivity contribution in [3.63, 3.8) is 0 Å². The number of hydrogen-bond donors (Lipinski definition) is 0. The van der Waals surface area contributed by atoms with E-state index in [1.165, 1.54) is 18.7 Å². The molecule has 1 aliphatic carbocycles. The lowest BCUT2D eigenvalue weighted by Gasteiger charge is -2.42. The topological polar surface area (TPSA) is 33.9 Å². The molecule has 2 aliphatic rings. The van der Waals surface area contributed by atoms with Gasteiger partial charge in [0.05, 0.1) is 7.11 Å². The fraction of sp³-hybridized carbons (Fsp3) is 0.500. The van der Waals surface area contributed by atoms with Crippen molar-refractivity contribution in [1.29, 1.82) is 0 Å². The molecule has 0 bridgehead atoms. The summed E-state index contributed by atoms with van der Waals surface area (Å²) in [5.74, 6) is -0.266. The van der Waals surface area contributed by atoms with Crippen LogP contribution < -0.4 is 0 Å². The summed E-state index contributed by atoms with van der Waals surface area (Å²) in [7, 11) is 1.42. The van der Waals surface area contributed by atoms with Gasteiger partial charge in [-0.2, -0.15) is 0 Å². The number of piperidine rings is 1. The van der Waals surface area contributed by atoms with Crippen LogP contribution in [-0.2, 0) is 21.6 Å². The Morgan fingerprint density at radius 2 is 1.88 bits per heavy atom. The lowest BCUT2D eigenvalue weighted by molar-refractivity contribution is -0.142. The van der Waals surface area contributed by atoms with Crippen LogP contribution in [0.4, 0.5) is 4.39 Å². The lowest BCUT2D eigenvalue weighted by Crippen LogP contribution is -2.47. The molecule has 2 fully saturated rings. The molecule has 33 heavy (non-hydrogen) atoms. The predicted octanol–water partition coefficient (Wildman–Crippen LogP) is 5.83. The van der Waals surface area contributed by atoms with Crippen molar-refractivity contribution < 1.29 is 13.9 Å². The largest absolute Gasteiger partial charge is 0.469 e. The van der Waals surface area contributed by atoms with Gasteiger partial charge in [-0.05, 0) is 62.4 Å². The smallest absolute Gasteiger partial charge is 0.305 e. The van der Waals surface area contributed by atoms with Gasteiger partial charge in [0.1, 0.15) is 5.82 Å². The molecule has 174 valence electrons. The van der Waals surface area contributed by atoms with Gasteiger partial charge in [-0.3, -0.25) is 9.69 Å². The summed E-state index contributed by atoms with van der Waals surface area (Å²) in [4.78, 5) is 18.9. The highest BCUT2D eigenvalue weighted by atomic mass is 19.1. The van der Waals surface area contributed by atoms with E-state index in [1.807, 2.05) is 12.1 Å². The van der Waals surface area contributed by atoms with E-state index in [9.17, 15) is 9.18 Å². The fourth-order valence-electron chi connectivity index (χ4n) is 6.26. The molecule has 0 spiro atoms. The first-order chi connectivity index (χ1) is 16.1. The van der Waals surface area contributed by atoms with Crippen molar-refractivity contribution in [3.05, 3.63) is 83.0 Å². The van der Waals surface area contributed by atoms with Crippen LogP contribution in [0.1, 0.15) is 49.7 Å². The molecule has 5 heteroatoms. The second-order valence-corrected chi connectivity index (χ2v) is 9.56. The predicted molar refractivity (Wildman–Crippen MR) is 127 cm³/mol. The van der Waals surface area contributed by atoms with Crippen LogP contribution in [-0.4, -0.2) is 31.1 Å². The van der Waals surface area contributed by atoms with Crippen LogP contribution in [0.5, 0.6) is 0 Å². The molecule has 2 aromatic rings. The van der Waals surface area contributed by atoms with Gasteiger partial charge in [0, 0.05) is 30.4 Å². The van der Waals surface area contributed by atoms with Gasteiger partial charge >= 0.3 is 5.97 Å². The zero-order valence-corrected chi connectivity index (χ0v) is 19.4. The summed E-state index contributed by atoms with van der Waals surface area (Å²) < 4.78 is 19.3. The molecule has 0 aromatic heterocycles. The maximum absolute atomic E-state index is 14.4. The molecule has 0 amide bonds.